The van der Waals surface area contributed by atoms with Gasteiger partial charge in [-0.15, -0.1) is 0 Å². The molecular formula is C7H5Cl2NaO2S. The third kappa shape index (κ3) is 3.42. The van der Waals surface area contributed by atoms with Crippen LogP contribution < -0.4 is 34.7 Å². The number of hydrogen-bond donors (Lipinski definition) is 0. The van der Waals surface area contributed by atoms with Crippen molar-refractivity contribution in [1.29, 1.82) is 0 Å². The monoisotopic (exact) mass is 246 g/mol. The molecule has 0 aromatic heterocycles. The van der Waals surface area contributed by atoms with Crippen molar-refractivity contribution in [2.75, 3.05) is 6.26 Å². The first-order valence-electron chi connectivity index (χ1n) is 3.02. The van der Waals surface area contributed by atoms with Gasteiger partial charge in [-0.2, -0.15) is 0 Å². The van der Waals surface area contributed by atoms with E-state index in [1.54, 1.807) is 0 Å². The molecule has 1 rings (SSSR count). The molecule has 0 amide bonds. The second-order valence-corrected chi connectivity index (χ2v) is 4.33. The van der Waals surface area contributed by atoms with E-state index < -0.39 is 10.8 Å². The van der Waals surface area contributed by atoms with Crippen molar-refractivity contribution in [2.24, 2.45) is 0 Å². The Hall–Kier alpha value is 0.750. The fraction of sp³-hybridized carbons (Fsp3) is 0.143. The Bertz CT molecular complexity index is 344. The summed E-state index contributed by atoms with van der Waals surface area (Å²) in [5.74, 6) is -0.351. The van der Waals surface area contributed by atoms with E-state index in [2.05, 4.69) is 0 Å². The molecule has 13 heavy (non-hydrogen) atoms. The van der Waals surface area contributed by atoms with Gasteiger partial charge < -0.3 is 5.11 Å². The molecule has 0 spiro atoms. The van der Waals surface area contributed by atoms with Crippen LogP contribution in [0.2, 0.25) is 10.0 Å². The summed E-state index contributed by atoms with van der Waals surface area (Å²) < 4.78 is 11.0. The fourth-order valence-electron chi connectivity index (χ4n) is 0.731. The normalized spacial score (nSPS) is 11.9. The van der Waals surface area contributed by atoms with Gasteiger partial charge in [-0.05, 0) is 12.1 Å². The predicted octanol–water partition coefficient (Wildman–Crippen LogP) is -1.19. The predicted molar refractivity (Wildman–Crippen MR) is 48.2 cm³/mol. The largest absolute Gasteiger partial charge is 1.00 e. The molecule has 0 aliphatic rings. The van der Waals surface area contributed by atoms with E-state index in [0.29, 0.717) is 4.90 Å². The van der Waals surface area contributed by atoms with Gasteiger partial charge >= 0.3 is 29.6 Å². The van der Waals surface area contributed by atoms with E-state index in [4.69, 9.17) is 23.2 Å². The second-order valence-electron chi connectivity index (χ2n) is 2.17. The molecule has 6 heteroatoms. The Morgan fingerprint density at radius 3 is 2.31 bits per heavy atom. The third-order valence-corrected chi connectivity index (χ3v) is 2.97. The van der Waals surface area contributed by atoms with Crippen LogP contribution in [0.1, 0.15) is 0 Å². The first-order chi connectivity index (χ1) is 5.52. The quantitative estimate of drug-likeness (QED) is 0.585. The van der Waals surface area contributed by atoms with Gasteiger partial charge in [0.2, 0.25) is 0 Å². The van der Waals surface area contributed by atoms with E-state index in [0.717, 1.165) is 0 Å². The van der Waals surface area contributed by atoms with Crippen LogP contribution in [-0.4, -0.2) is 10.5 Å². The van der Waals surface area contributed by atoms with Crippen molar-refractivity contribution in [3.8, 4) is 5.75 Å². The number of rotatable bonds is 1. The average Bonchev–Trinajstić information content (AvgIpc) is 1.96. The van der Waals surface area contributed by atoms with Gasteiger partial charge in [0.25, 0.3) is 0 Å². The summed E-state index contributed by atoms with van der Waals surface area (Å²) >= 11 is 11.2. The standard InChI is InChI=1S/C7H6Cl2O2S.Na/c1-12(11)7-3-4(8)6(10)2-5(7)9;/h2-3,10H,1H3;/q;+1/p-1. The third-order valence-electron chi connectivity index (χ3n) is 1.30. The van der Waals surface area contributed by atoms with Crippen molar-refractivity contribution in [1.82, 2.24) is 0 Å². The van der Waals surface area contributed by atoms with E-state index in [-0.39, 0.29) is 45.4 Å². The van der Waals surface area contributed by atoms with Gasteiger partial charge in [0, 0.05) is 11.3 Å². The zero-order chi connectivity index (χ0) is 9.30. The Labute approximate surface area is 111 Å². The number of halogens is 2. The number of hydrogen-bond acceptors (Lipinski definition) is 2. The molecule has 1 atom stereocenters. The van der Waals surface area contributed by atoms with Crippen molar-refractivity contribution in [3.05, 3.63) is 22.2 Å². The average molecular weight is 247 g/mol. The fourth-order valence-corrected chi connectivity index (χ4v) is 2.06. The van der Waals surface area contributed by atoms with Crippen LogP contribution in [-0.2, 0) is 10.8 Å². The minimum atomic E-state index is -1.21. The van der Waals surface area contributed by atoms with E-state index in [9.17, 15) is 9.32 Å². The SMILES string of the molecule is CS(=O)c1cc(Cl)c([O-])cc1Cl.[Na+]. The van der Waals surface area contributed by atoms with Gasteiger partial charge in [0.15, 0.2) is 0 Å². The summed E-state index contributed by atoms with van der Waals surface area (Å²) in [6, 6.07) is 2.50. The van der Waals surface area contributed by atoms with Crippen molar-refractivity contribution >= 4 is 34.0 Å². The zero-order valence-corrected chi connectivity index (χ0v) is 11.5. The zero-order valence-electron chi connectivity index (χ0n) is 7.14. The summed E-state index contributed by atoms with van der Waals surface area (Å²) in [4.78, 5) is 0.390. The van der Waals surface area contributed by atoms with Crippen LogP contribution in [0.25, 0.3) is 0 Å². The maximum Gasteiger partial charge on any atom is 1.00 e. The molecule has 0 bridgehead atoms. The maximum absolute atomic E-state index is 11.0. The molecular weight excluding hydrogens is 242 g/mol. The van der Waals surface area contributed by atoms with E-state index >= 15 is 0 Å². The summed E-state index contributed by atoms with van der Waals surface area (Å²) in [6.07, 6.45) is 1.47. The molecule has 0 N–H and O–H groups in total. The molecule has 1 unspecified atom stereocenters. The molecule has 0 saturated heterocycles. The Morgan fingerprint density at radius 2 is 1.85 bits per heavy atom. The molecule has 0 saturated carbocycles. The van der Waals surface area contributed by atoms with Gasteiger partial charge in [0.1, 0.15) is 0 Å². The van der Waals surface area contributed by atoms with Crippen LogP contribution in [0.4, 0.5) is 0 Å². The Kier molecular flexibility index (Phi) is 5.91. The molecule has 66 valence electrons. The molecule has 0 fully saturated rings. The molecule has 0 radical (unpaired) electrons. The van der Waals surface area contributed by atoms with Gasteiger partial charge in [-0.1, -0.05) is 29.0 Å². The van der Waals surface area contributed by atoms with Gasteiger partial charge in [-0.25, -0.2) is 0 Å². The summed E-state index contributed by atoms with van der Waals surface area (Å²) in [5.41, 5.74) is 0. The van der Waals surface area contributed by atoms with Crippen LogP contribution >= 0.6 is 23.2 Å². The summed E-state index contributed by atoms with van der Waals surface area (Å²) in [5, 5.41) is 11.1. The molecule has 0 aliphatic carbocycles. The molecule has 1 aromatic carbocycles. The summed E-state index contributed by atoms with van der Waals surface area (Å²) in [7, 11) is -1.21. The van der Waals surface area contributed by atoms with Crippen LogP contribution in [0.5, 0.6) is 5.75 Å². The van der Waals surface area contributed by atoms with Crippen LogP contribution in [0.3, 0.4) is 0 Å². The van der Waals surface area contributed by atoms with Gasteiger partial charge in [0.05, 0.1) is 20.7 Å². The van der Waals surface area contributed by atoms with E-state index in [1.165, 1.54) is 18.4 Å². The second kappa shape index (κ2) is 5.59. The molecule has 1 aromatic rings. The molecule has 0 aliphatic heterocycles. The maximum atomic E-state index is 11.0. The van der Waals surface area contributed by atoms with Crippen molar-refractivity contribution < 1.29 is 38.9 Å². The van der Waals surface area contributed by atoms with Gasteiger partial charge in [-0.3, -0.25) is 4.21 Å². The minimum Gasteiger partial charge on any atom is -0.871 e. The first kappa shape index (κ1) is 13.8. The first-order valence-corrected chi connectivity index (χ1v) is 5.33. The number of benzene rings is 1. The Balaban J connectivity index is 0.00000144. The summed E-state index contributed by atoms with van der Waals surface area (Å²) in [6.45, 7) is 0. The van der Waals surface area contributed by atoms with Crippen molar-refractivity contribution in [3.63, 3.8) is 0 Å². The van der Waals surface area contributed by atoms with Crippen molar-refractivity contribution in [2.45, 2.75) is 4.90 Å². The topological polar surface area (TPSA) is 40.1 Å². The smallest absolute Gasteiger partial charge is 0.871 e. The molecule has 2 nitrogen and oxygen atoms in total. The van der Waals surface area contributed by atoms with Crippen LogP contribution in [0.15, 0.2) is 17.0 Å². The van der Waals surface area contributed by atoms with E-state index in [1.807, 2.05) is 0 Å². The minimum absolute atomic E-state index is 0. The molecule has 0 heterocycles. The Morgan fingerprint density at radius 1 is 1.31 bits per heavy atom. The van der Waals surface area contributed by atoms with Crippen LogP contribution in [0, 0.1) is 0 Å².